The lowest BCUT2D eigenvalue weighted by molar-refractivity contribution is -0.133. The summed E-state index contributed by atoms with van der Waals surface area (Å²) in [6.45, 7) is 6.07. The van der Waals surface area contributed by atoms with Crippen LogP contribution in [0.5, 0.6) is 0 Å². The van der Waals surface area contributed by atoms with Crippen LogP contribution in [0.1, 0.15) is 38.9 Å². The zero-order valence-electron chi connectivity index (χ0n) is 10.9. The van der Waals surface area contributed by atoms with Crippen LogP contribution in [-0.2, 0) is 4.79 Å². The fourth-order valence-electron chi connectivity index (χ4n) is 2.46. The van der Waals surface area contributed by atoms with Crippen LogP contribution in [0.15, 0.2) is 22.8 Å². The van der Waals surface area contributed by atoms with E-state index in [1.54, 1.807) is 6.20 Å². The van der Waals surface area contributed by atoms with Crippen LogP contribution in [0.3, 0.4) is 0 Å². The summed E-state index contributed by atoms with van der Waals surface area (Å²) in [5.41, 5.74) is 6.72. The van der Waals surface area contributed by atoms with Gasteiger partial charge in [-0.1, -0.05) is 0 Å². The van der Waals surface area contributed by atoms with E-state index in [0.717, 1.165) is 10.2 Å². The van der Waals surface area contributed by atoms with Crippen molar-refractivity contribution in [3.8, 4) is 0 Å². The molecule has 0 radical (unpaired) electrons. The van der Waals surface area contributed by atoms with Gasteiger partial charge in [0.2, 0.25) is 5.91 Å². The van der Waals surface area contributed by atoms with Gasteiger partial charge in [-0.2, -0.15) is 0 Å². The molecule has 0 spiro atoms. The highest BCUT2D eigenvalue weighted by Crippen LogP contribution is 2.36. The van der Waals surface area contributed by atoms with E-state index in [-0.39, 0.29) is 23.5 Å². The van der Waals surface area contributed by atoms with E-state index in [1.165, 1.54) is 0 Å². The molecule has 1 amide bonds. The van der Waals surface area contributed by atoms with Crippen molar-refractivity contribution >= 4 is 21.8 Å². The smallest absolute Gasteiger partial charge is 0.225 e. The Hall–Kier alpha value is -0.940. The number of nitrogens with zero attached hydrogens (tertiary/aromatic N) is 2. The number of hydrogen-bond acceptors (Lipinski definition) is 3. The molecule has 2 atom stereocenters. The summed E-state index contributed by atoms with van der Waals surface area (Å²) in [5, 5.41) is 0. The summed E-state index contributed by atoms with van der Waals surface area (Å²) in [5.74, 6) is 0.102. The van der Waals surface area contributed by atoms with Crippen LogP contribution < -0.4 is 5.73 Å². The molecule has 5 heteroatoms. The van der Waals surface area contributed by atoms with Gasteiger partial charge in [-0.05, 0) is 48.8 Å². The summed E-state index contributed by atoms with van der Waals surface area (Å²) in [6.07, 6.45) is 2.13. The number of nitrogens with two attached hydrogens (primary N) is 1. The molecule has 4 nitrogen and oxygen atoms in total. The minimum atomic E-state index is -0.245. The van der Waals surface area contributed by atoms with E-state index in [9.17, 15) is 4.79 Å². The number of halogens is 1. The first-order chi connectivity index (χ1) is 8.30. The van der Waals surface area contributed by atoms with E-state index >= 15 is 0 Å². The third-order valence-electron chi connectivity index (χ3n) is 3.14. The summed E-state index contributed by atoms with van der Waals surface area (Å²) in [4.78, 5) is 18.3. The average molecular weight is 312 g/mol. The molecule has 98 valence electrons. The maximum atomic E-state index is 12.1. The number of carbonyl (C=O) groups is 1. The normalized spacial score (nSPS) is 24.7. The van der Waals surface area contributed by atoms with Crippen molar-refractivity contribution in [3.05, 3.63) is 28.5 Å². The van der Waals surface area contributed by atoms with Crippen LogP contribution in [0.4, 0.5) is 0 Å². The molecule has 0 bridgehead atoms. The topological polar surface area (TPSA) is 59.2 Å². The van der Waals surface area contributed by atoms with Crippen molar-refractivity contribution in [2.75, 3.05) is 0 Å². The summed E-state index contributed by atoms with van der Waals surface area (Å²) in [7, 11) is 0. The average Bonchev–Trinajstić information content (AvgIpc) is 2.54. The summed E-state index contributed by atoms with van der Waals surface area (Å²) in [6, 6.07) is 3.53. The van der Waals surface area contributed by atoms with Gasteiger partial charge in [-0.15, -0.1) is 0 Å². The number of likely N-dealkylation sites (tertiary alicyclic amines) is 1. The number of pyridine rings is 1. The maximum Gasteiger partial charge on any atom is 0.225 e. The highest BCUT2D eigenvalue weighted by molar-refractivity contribution is 9.10. The third-order valence-corrected chi connectivity index (χ3v) is 3.61. The van der Waals surface area contributed by atoms with Crippen LogP contribution in [0.2, 0.25) is 0 Å². The fraction of sp³-hybridized carbons (Fsp3) is 0.538. The molecule has 2 unspecified atom stereocenters. The number of aromatic nitrogens is 1. The molecular formula is C13H18BrN3O. The predicted molar refractivity (Wildman–Crippen MR) is 73.9 cm³/mol. The lowest BCUT2D eigenvalue weighted by Crippen LogP contribution is -2.45. The second-order valence-electron chi connectivity index (χ2n) is 5.65. The Morgan fingerprint density at radius 1 is 1.44 bits per heavy atom. The van der Waals surface area contributed by atoms with E-state index in [1.807, 2.05) is 37.8 Å². The third kappa shape index (κ3) is 2.42. The number of carbonyl (C=O) groups excluding carboxylic acids is 1. The van der Waals surface area contributed by atoms with Gasteiger partial charge in [0, 0.05) is 28.7 Å². The Kier molecular flexibility index (Phi) is 3.47. The first-order valence-electron chi connectivity index (χ1n) is 6.00. The Bertz CT molecular complexity index is 452. The molecule has 1 aliphatic heterocycles. The number of amides is 1. The first-order valence-corrected chi connectivity index (χ1v) is 6.79. The van der Waals surface area contributed by atoms with Crippen LogP contribution in [0.25, 0.3) is 0 Å². The van der Waals surface area contributed by atoms with Crippen LogP contribution >= 0.6 is 15.9 Å². The molecule has 18 heavy (non-hydrogen) atoms. The monoisotopic (exact) mass is 311 g/mol. The minimum Gasteiger partial charge on any atom is -0.328 e. The Labute approximate surface area is 116 Å². The second-order valence-corrected chi connectivity index (χ2v) is 6.56. The standard InChI is InChI=1S/C13H18BrN3O/c1-13(2,3)17-11(18)6-9(15)12(17)10-5-4-8(14)7-16-10/h4-5,7,9,12H,6,15H2,1-3H3. The lowest BCUT2D eigenvalue weighted by atomic mass is 10.0. The molecule has 0 aromatic carbocycles. The highest BCUT2D eigenvalue weighted by Gasteiger charge is 2.44. The zero-order valence-corrected chi connectivity index (χ0v) is 12.4. The Morgan fingerprint density at radius 2 is 2.11 bits per heavy atom. The number of rotatable bonds is 1. The molecule has 1 aromatic rings. The van der Waals surface area contributed by atoms with Gasteiger partial charge in [0.1, 0.15) is 0 Å². The van der Waals surface area contributed by atoms with Crippen molar-refractivity contribution in [1.82, 2.24) is 9.88 Å². The van der Waals surface area contributed by atoms with Crippen LogP contribution in [0, 0.1) is 0 Å². The molecule has 2 heterocycles. The summed E-state index contributed by atoms with van der Waals surface area (Å²) >= 11 is 3.36. The van der Waals surface area contributed by atoms with Gasteiger partial charge in [0.15, 0.2) is 0 Å². The van der Waals surface area contributed by atoms with E-state index in [0.29, 0.717) is 6.42 Å². The Morgan fingerprint density at radius 3 is 2.61 bits per heavy atom. The van der Waals surface area contributed by atoms with Gasteiger partial charge < -0.3 is 10.6 Å². The van der Waals surface area contributed by atoms with Crippen molar-refractivity contribution in [3.63, 3.8) is 0 Å². The lowest BCUT2D eigenvalue weighted by Gasteiger charge is -2.37. The minimum absolute atomic E-state index is 0.102. The Balaban J connectivity index is 2.40. The van der Waals surface area contributed by atoms with Gasteiger partial charge >= 0.3 is 0 Å². The van der Waals surface area contributed by atoms with E-state index in [2.05, 4.69) is 20.9 Å². The van der Waals surface area contributed by atoms with E-state index < -0.39 is 0 Å². The molecule has 1 saturated heterocycles. The van der Waals surface area contributed by atoms with E-state index in [4.69, 9.17) is 5.73 Å². The zero-order chi connectivity index (χ0) is 13.5. The summed E-state index contributed by atoms with van der Waals surface area (Å²) < 4.78 is 0.923. The molecule has 0 aliphatic carbocycles. The quantitative estimate of drug-likeness (QED) is 0.865. The highest BCUT2D eigenvalue weighted by atomic mass is 79.9. The van der Waals surface area contributed by atoms with Crippen molar-refractivity contribution < 1.29 is 4.79 Å². The van der Waals surface area contributed by atoms with Crippen molar-refractivity contribution in [1.29, 1.82) is 0 Å². The molecule has 1 aliphatic rings. The number of hydrogen-bond donors (Lipinski definition) is 1. The van der Waals surface area contributed by atoms with Gasteiger partial charge in [-0.25, -0.2) is 0 Å². The van der Waals surface area contributed by atoms with Gasteiger partial charge in [-0.3, -0.25) is 9.78 Å². The van der Waals surface area contributed by atoms with Gasteiger partial charge in [0.25, 0.3) is 0 Å². The van der Waals surface area contributed by atoms with Crippen molar-refractivity contribution in [2.45, 2.75) is 44.8 Å². The first kappa shape index (κ1) is 13.5. The largest absolute Gasteiger partial charge is 0.328 e. The van der Waals surface area contributed by atoms with Crippen molar-refractivity contribution in [2.24, 2.45) is 5.73 Å². The van der Waals surface area contributed by atoms with Gasteiger partial charge in [0.05, 0.1) is 11.7 Å². The molecule has 1 fully saturated rings. The molecule has 2 rings (SSSR count). The molecular weight excluding hydrogens is 294 g/mol. The SMILES string of the molecule is CC(C)(C)N1C(=O)CC(N)C1c1ccc(Br)cn1. The fourth-order valence-corrected chi connectivity index (χ4v) is 2.70. The second kappa shape index (κ2) is 4.63. The maximum absolute atomic E-state index is 12.1. The molecule has 1 aromatic heterocycles. The molecule has 0 saturated carbocycles. The molecule has 2 N–H and O–H groups in total. The predicted octanol–water partition coefficient (Wildman–Crippen LogP) is 2.24. The van der Waals surface area contributed by atoms with Crippen LogP contribution in [-0.4, -0.2) is 27.4 Å².